The second kappa shape index (κ2) is 5.29. The highest BCUT2D eigenvalue weighted by Crippen LogP contribution is 2.16. The maximum Gasteiger partial charge on any atom is 0.259 e. The van der Waals surface area contributed by atoms with Crippen LogP contribution in [0.2, 0.25) is 0 Å². The van der Waals surface area contributed by atoms with Crippen LogP contribution in [0.4, 0.5) is 11.4 Å². The van der Waals surface area contributed by atoms with Gasteiger partial charge in [0.1, 0.15) is 0 Å². The van der Waals surface area contributed by atoms with Gasteiger partial charge in [-0.15, -0.1) is 0 Å². The van der Waals surface area contributed by atoms with Gasteiger partial charge in [0.25, 0.3) is 5.91 Å². The van der Waals surface area contributed by atoms with E-state index in [0.29, 0.717) is 11.3 Å². The third-order valence-electron chi connectivity index (χ3n) is 2.47. The van der Waals surface area contributed by atoms with Crippen molar-refractivity contribution in [2.75, 3.05) is 10.7 Å². The molecule has 0 aliphatic rings. The fourth-order valence-electron chi connectivity index (χ4n) is 1.58. The first-order valence-electron chi connectivity index (χ1n) is 5.50. The Hall–Kier alpha value is -2.40. The van der Waals surface area contributed by atoms with Gasteiger partial charge < -0.3 is 10.7 Å². The number of hydrogen-bond donors (Lipinski definition) is 3. The van der Waals surface area contributed by atoms with Gasteiger partial charge in [0, 0.05) is 17.6 Å². The molecule has 0 spiro atoms. The smallest absolute Gasteiger partial charge is 0.259 e. The molecular weight excluding hydrogens is 228 g/mol. The highest BCUT2D eigenvalue weighted by Gasteiger charge is 2.11. The van der Waals surface area contributed by atoms with Gasteiger partial charge in [-0.25, -0.2) is 0 Å². The zero-order valence-corrected chi connectivity index (χ0v) is 9.97. The average Bonchev–Trinajstić information content (AvgIpc) is 2.39. The van der Waals surface area contributed by atoms with Gasteiger partial charge in [-0.1, -0.05) is 18.2 Å². The number of hydrogen-bond acceptors (Lipinski definition) is 4. The predicted octanol–water partition coefficient (Wildman–Crippen LogP) is 1.93. The first-order chi connectivity index (χ1) is 8.70. The Kier molecular flexibility index (Phi) is 3.54. The van der Waals surface area contributed by atoms with Crippen molar-refractivity contribution >= 4 is 17.3 Å². The Morgan fingerprint density at radius 1 is 1.28 bits per heavy atom. The normalized spacial score (nSPS) is 9.89. The van der Waals surface area contributed by atoms with E-state index in [0.717, 1.165) is 11.4 Å². The van der Waals surface area contributed by atoms with Crippen LogP contribution in [0.15, 0.2) is 42.6 Å². The molecule has 1 heterocycles. The molecular formula is C13H14N4O. The van der Waals surface area contributed by atoms with Crippen LogP contribution in [-0.2, 0) is 0 Å². The van der Waals surface area contributed by atoms with Gasteiger partial charge in [0.2, 0.25) is 0 Å². The van der Waals surface area contributed by atoms with Crippen molar-refractivity contribution in [3.05, 3.63) is 53.9 Å². The van der Waals surface area contributed by atoms with Gasteiger partial charge in [0.15, 0.2) is 0 Å². The van der Waals surface area contributed by atoms with Crippen molar-refractivity contribution in [2.24, 2.45) is 5.84 Å². The molecule has 4 N–H and O–H groups in total. The van der Waals surface area contributed by atoms with E-state index in [1.165, 1.54) is 6.20 Å². The van der Waals surface area contributed by atoms with E-state index in [4.69, 9.17) is 5.84 Å². The molecule has 0 saturated heterocycles. The Bertz CT molecular complexity index is 554. The zero-order chi connectivity index (χ0) is 13.0. The third kappa shape index (κ3) is 2.64. The minimum absolute atomic E-state index is 0.248. The van der Waals surface area contributed by atoms with E-state index in [-0.39, 0.29) is 5.91 Å². The molecule has 0 unspecified atom stereocenters. The van der Waals surface area contributed by atoms with Crippen LogP contribution in [0.5, 0.6) is 0 Å². The highest BCUT2D eigenvalue weighted by molar-refractivity contribution is 6.07. The molecule has 2 aromatic rings. The summed E-state index contributed by atoms with van der Waals surface area (Å²) in [4.78, 5) is 16.2. The number of nitrogens with zero attached hydrogens (tertiary/aromatic N) is 1. The van der Waals surface area contributed by atoms with Crippen LogP contribution >= 0.6 is 0 Å². The first-order valence-corrected chi connectivity index (χ1v) is 5.50. The number of hydrazine groups is 1. The number of para-hydroxylation sites is 1. The minimum Gasteiger partial charge on any atom is -0.323 e. The summed E-state index contributed by atoms with van der Waals surface area (Å²) in [6, 6.07) is 10.9. The number of nitrogens with one attached hydrogen (secondary N) is 2. The summed E-state index contributed by atoms with van der Waals surface area (Å²) >= 11 is 0. The van der Waals surface area contributed by atoms with Crippen molar-refractivity contribution < 1.29 is 4.79 Å². The van der Waals surface area contributed by atoms with Gasteiger partial charge >= 0.3 is 0 Å². The fourth-order valence-corrected chi connectivity index (χ4v) is 1.58. The lowest BCUT2D eigenvalue weighted by molar-refractivity contribution is 0.102. The number of pyridine rings is 1. The van der Waals surface area contributed by atoms with Crippen LogP contribution in [0.3, 0.4) is 0 Å². The molecule has 1 aromatic carbocycles. The summed E-state index contributed by atoms with van der Waals surface area (Å²) in [6.07, 6.45) is 1.50. The van der Waals surface area contributed by atoms with Gasteiger partial charge in [0.05, 0.1) is 11.3 Å². The Balaban J connectivity index is 2.24. The van der Waals surface area contributed by atoms with E-state index < -0.39 is 0 Å². The summed E-state index contributed by atoms with van der Waals surface area (Å²) in [5.41, 5.74) is 4.98. The van der Waals surface area contributed by atoms with Crippen molar-refractivity contribution in [3.8, 4) is 0 Å². The topological polar surface area (TPSA) is 80.0 Å². The van der Waals surface area contributed by atoms with Crippen molar-refractivity contribution in [2.45, 2.75) is 6.92 Å². The van der Waals surface area contributed by atoms with Gasteiger partial charge in [-0.3, -0.25) is 15.6 Å². The average molecular weight is 242 g/mol. The van der Waals surface area contributed by atoms with Gasteiger partial charge in [-0.05, 0) is 25.1 Å². The molecule has 2 rings (SSSR count). The molecule has 5 nitrogen and oxygen atoms in total. The van der Waals surface area contributed by atoms with Crippen molar-refractivity contribution in [3.63, 3.8) is 0 Å². The Morgan fingerprint density at radius 2 is 2.00 bits per heavy atom. The number of carbonyl (C=O) groups is 1. The summed E-state index contributed by atoms with van der Waals surface area (Å²) in [7, 11) is 0. The molecule has 0 bridgehead atoms. The maximum atomic E-state index is 12.1. The van der Waals surface area contributed by atoms with Crippen LogP contribution in [-0.4, -0.2) is 10.9 Å². The van der Waals surface area contributed by atoms with Crippen LogP contribution < -0.4 is 16.6 Å². The fraction of sp³-hybridized carbons (Fsp3) is 0.0769. The number of aromatic nitrogens is 1. The quantitative estimate of drug-likeness (QED) is 0.567. The molecule has 0 aliphatic heterocycles. The summed E-state index contributed by atoms with van der Waals surface area (Å²) < 4.78 is 0. The molecule has 0 aliphatic carbocycles. The molecule has 18 heavy (non-hydrogen) atoms. The predicted molar refractivity (Wildman–Crippen MR) is 71.2 cm³/mol. The molecule has 92 valence electrons. The zero-order valence-electron chi connectivity index (χ0n) is 9.97. The van der Waals surface area contributed by atoms with E-state index in [9.17, 15) is 4.79 Å². The van der Waals surface area contributed by atoms with Crippen LogP contribution in [0.1, 0.15) is 16.1 Å². The monoisotopic (exact) mass is 242 g/mol. The van der Waals surface area contributed by atoms with E-state index in [1.54, 1.807) is 6.07 Å². The lowest BCUT2D eigenvalue weighted by Crippen LogP contribution is -2.17. The van der Waals surface area contributed by atoms with Crippen LogP contribution in [0, 0.1) is 6.92 Å². The van der Waals surface area contributed by atoms with E-state index in [2.05, 4.69) is 15.7 Å². The summed E-state index contributed by atoms with van der Waals surface area (Å²) in [6.45, 7) is 1.83. The lowest BCUT2D eigenvalue weighted by Gasteiger charge is -2.09. The van der Waals surface area contributed by atoms with Crippen molar-refractivity contribution in [1.82, 2.24) is 4.98 Å². The number of nitrogens with two attached hydrogens (primary N) is 1. The second-order valence-corrected chi connectivity index (χ2v) is 3.84. The SMILES string of the molecule is Cc1cc(NN)c(C(=O)Nc2ccccc2)cn1. The summed E-state index contributed by atoms with van der Waals surface area (Å²) in [5.74, 6) is 5.14. The van der Waals surface area contributed by atoms with E-state index >= 15 is 0 Å². The number of anilines is 2. The standard InChI is InChI=1S/C13H14N4O/c1-9-7-12(17-14)11(8-15-9)13(18)16-10-5-3-2-4-6-10/h2-8H,14H2,1H3,(H,15,17)(H,16,18). The summed E-state index contributed by atoms with van der Waals surface area (Å²) in [5, 5.41) is 2.78. The number of benzene rings is 1. The highest BCUT2D eigenvalue weighted by atomic mass is 16.1. The van der Waals surface area contributed by atoms with E-state index in [1.807, 2.05) is 37.3 Å². The molecule has 0 fully saturated rings. The number of aryl methyl sites for hydroxylation is 1. The minimum atomic E-state index is -0.248. The number of rotatable bonds is 3. The first kappa shape index (κ1) is 12.1. The number of amides is 1. The van der Waals surface area contributed by atoms with Gasteiger partial charge in [-0.2, -0.15) is 0 Å². The Labute approximate surface area is 105 Å². The number of carbonyl (C=O) groups excluding carboxylic acids is 1. The van der Waals surface area contributed by atoms with Crippen molar-refractivity contribution in [1.29, 1.82) is 0 Å². The molecule has 1 amide bonds. The van der Waals surface area contributed by atoms with Crippen LogP contribution in [0.25, 0.3) is 0 Å². The molecule has 0 atom stereocenters. The second-order valence-electron chi connectivity index (χ2n) is 3.84. The maximum absolute atomic E-state index is 12.1. The molecule has 1 aromatic heterocycles. The number of nitrogen functional groups attached to an aromatic ring is 1. The molecule has 0 radical (unpaired) electrons. The largest absolute Gasteiger partial charge is 0.323 e. The molecule has 5 heteroatoms. The molecule has 0 saturated carbocycles. The lowest BCUT2D eigenvalue weighted by atomic mass is 10.2. The third-order valence-corrected chi connectivity index (χ3v) is 2.47. The Morgan fingerprint density at radius 3 is 2.67 bits per heavy atom.